The molecule has 0 saturated carbocycles. The highest BCUT2D eigenvalue weighted by molar-refractivity contribution is 5.93. The normalized spacial score (nSPS) is 10.8. The van der Waals surface area contributed by atoms with E-state index in [-0.39, 0.29) is 5.56 Å². The number of nitriles is 1. The first kappa shape index (κ1) is 13.0. The lowest BCUT2D eigenvalue weighted by molar-refractivity contribution is -0.138. The van der Waals surface area contributed by atoms with Gasteiger partial charge in [0, 0.05) is 0 Å². The van der Waals surface area contributed by atoms with Crippen molar-refractivity contribution >= 4 is 5.97 Å². The minimum absolute atomic E-state index is 0.114. The van der Waals surface area contributed by atoms with Crippen molar-refractivity contribution in [3.8, 4) is 6.07 Å². The summed E-state index contributed by atoms with van der Waals surface area (Å²) >= 11 is 0. The van der Waals surface area contributed by atoms with Gasteiger partial charge in [-0.1, -0.05) is 6.07 Å². The third-order valence-corrected chi connectivity index (χ3v) is 2.21. The molecule has 3 nitrogen and oxygen atoms in total. The Balaban J connectivity index is 3.68. The van der Waals surface area contributed by atoms with Crippen molar-refractivity contribution in [2.45, 2.75) is 13.1 Å². The van der Waals surface area contributed by atoms with Gasteiger partial charge in [-0.05, 0) is 18.6 Å². The second-order valence-electron chi connectivity index (χ2n) is 3.28. The van der Waals surface area contributed by atoms with Crippen LogP contribution in [0.5, 0.6) is 0 Å². The number of aryl methyl sites for hydroxylation is 1. The van der Waals surface area contributed by atoms with Crippen molar-refractivity contribution in [3.05, 3.63) is 34.4 Å². The average Bonchev–Trinajstić information content (AvgIpc) is 2.26. The minimum Gasteiger partial charge on any atom is -0.465 e. The lowest BCUT2D eigenvalue weighted by Gasteiger charge is -2.14. The van der Waals surface area contributed by atoms with E-state index in [1.165, 1.54) is 19.1 Å². The summed E-state index contributed by atoms with van der Waals surface area (Å²) in [5.74, 6) is -1.10. The molecule has 0 radical (unpaired) electrons. The topological polar surface area (TPSA) is 50.1 Å². The fourth-order valence-corrected chi connectivity index (χ4v) is 1.46. The molecule has 0 amide bonds. The van der Waals surface area contributed by atoms with Crippen LogP contribution < -0.4 is 0 Å². The van der Waals surface area contributed by atoms with Crippen molar-refractivity contribution in [1.29, 1.82) is 5.26 Å². The van der Waals surface area contributed by atoms with Gasteiger partial charge in [0.15, 0.2) is 0 Å². The van der Waals surface area contributed by atoms with Crippen LogP contribution in [0.1, 0.15) is 27.0 Å². The summed E-state index contributed by atoms with van der Waals surface area (Å²) in [6.07, 6.45) is -4.78. The highest BCUT2D eigenvalue weighted by atomic mass is 19.4. The monoisotopic (exact) mass is 243 g/mol. The predicted octanol–water partition coefficient (Wildman–Crippen LogP) is 2.67. The predicted molar refractivity (Wildman–Crippen MR) is 52.2 cm³/mol. The highest BCUT2D eigenvalue weighted by Gasteiger charge is 2.39. The fourth-order valence-electron chi connectivity index (χ4n) is 1.46. The largest absolute Gasteiger partial charge is 0.465 e. The van der Waals surface area contributed by atoms with E-state index in [2.05, 4.69) is 4.74 Å². The SMILES string of the molecule is COC(=O)c1c(C)ccc(C#N)c1C(F)(F)F. The van der Waals surface area contributed by atoms with Gasteiger partial charge in [0.05, 0.1) is 29.9 Å². The van der Waals surface area contributed by atoms with Gasteiger partial charge in [-0.25, -0.2) is 4.79 Å². The molecule has 0 unspecified atom stereocenters. The number of nitrogens with zero attached hydrogens (tertiary/aromatic N) is 1. The second-order valence-corrected chi connectivity index (χ2v) is 3.28. The van der Waals surface area contributed by atoms with E-state index in [0.717, 1.165) is 13.2 Å². The third kappa shape index (κ3) is 2.38. The Morgan fingerprint density at radius 2 is 2.00 bits per heavy atom. The fraction of sp³-hybridized carbons (Fsp3) is 0.273. The number of ether oxygens (including phenoxy) is 1. The summed E-state index contributed by atoms with van der Waals surface area (Å²) in [5, 5.41) is 8.65. The molecule has 0 aliphatic rings. The molecule has 17 heavy (non-hydrogen) atoms. The molecule has 0 saturated heterocycles. The van der Waals surface area contributed by atoms with Gasteiger partial charge in [-0.3, -0.25) is 0 Å². The first-order valence-corrected chi connectivity index (χ1v) is 4.52. The van der Waals surface area contributed by atoms with Gasteiger partial charge in [0.2, 0.25) is 0 Å². The standard InChI is InChI=1S/C11H8F3NO2/c1-6-3-4-7(5-15)9(11(12,13)14)8(6)10(16)17-2/h3-4H,1-2H3. The maximum absolute atomic E-state index is 12.8. The van der Waals surface area contributed by atoms with Crippen LogP contribution in [0.2, 0.25) is 0 Å². The van der Waals surface area contributed by atoms with E-state index < -0.39 is 28.8 Å². The van der Waals surface area contributed by atoms with Crippen molar-refractivity contribution < 1.29 is 22.7 Å². The van der Waals surface area contributed by atoms with Crippen LogP contribution in [0, 0.1) is 18.3 Å². The molecule has 0 heterocycles. The van der Waals surface area contributed by atoms with Gasteiger partial charge in [-0.2, -0.15) is 18.4 Å². The first-order chi connectivity index (χ1) is 7.82. The van der Waals surface area contributed by atoms with Crippen LogP contribution in [0.3, 0.4) is 0 Å². The molecular weight excluding hydrogens is 235 g/mol. The van der Waals surface area contributed by atoms with Crippen LogP contribution in [-0.4, -0.2) is 13.1 Å². The summed E-state index contributed by atoms with van der Waals surface area (Å²) in [5.41, 5.74) is -2.34. The zero-order valence-electron chi connectivity index (χ0n) is 9.05. The van der Waals surface area contributed by atoms with Gasteiger partial charge in [0.1, 0.15) is 0 Å². The quantitative estimate of drug-likeness (QED) is 0.712. The number of rotatable bonds is 1. The van der Waals surface area contributed by atoms with Crippen LogP contribution in [0.4, 0.5) is 13.2 Å². The number of carbonyl (C=O) groups excluding carboxylic acids is 1. The maximum Gasteiger partial charge on any atom is 0.418 e. The van der Waals surface area contributed by atoms with Crippen LogP contribution >= 0.6 is 0 Å². The molecule has 1 aromatic rings. The number of alkyl halides is 3. The molecule has 0 bridgehead atoms. The summed E-state index contributed by atoms with van der Waals surface area (Å²) in [7, 11) is 0.987. The molecule has 0 aliphatic carbocycles. The van der Waals surface area contributed by atoms with E-state index in [1.807, 2.05) is 0 Å². The molecule has 0 fully saturated rings. The molecule has 0 spiro atoms. The smallest absolute Gasteiger partial charge is 0.418 e. The molecule has 1 rings (SSSR count). The second kappa shape index (κ2) is 4.45. The van der Waals surface area contributed by atoms with Crippen molar-refractivity contribution in [1.82, 2.24) is 0 Å². The number of hydrogen-bond acceptors (Lipinski definition) is 3. The van der Waals surface area contributed by atoms with Gasteiger partial charge >= 0.3 is 12.1 Å². The number of halogens is 3. The van der Waals surface area contributed by atoms with Crippen LogP contribution in [0.25, 0.3) is 0 Å². The zero-order chi connectivity index (χ0) is 13.2. The maximum atomic E-state index is 12.8. The highest BCUT2D eigenvalue weighted by Crippen LogP contribution is 2.36. The number of esters is 1. The summed E-state index contributed by atoms with van der Waals surface area (Å²) in [4.78, 5) is 11.3. The number of methoxy groups -OCH3 is 1. The van der Waals surface area contributed by atoms with Crippen LogP contribution in [0.15, 0.2) is 12.1 Å². The molecule has 6 heteroatoms. The van der Waals surface area contributed by atoms with E-state index in [9.17, 15) is 18.0 Å². The molecule has 0 aromatic heterocycles. The number of hydrogen-bond donors (Lipinski definition) is 0. The first-order valence-electron chi connectivity index (χ1n) is 4.52. The molecule has 90 valence electrons. The minimum atomic E-state index is -4.78. The Kier molecular flexibility index (Phi) is 3.42. The zero-order valence-corrected chi connectivity index (χ0v) is 9.05. The van der Waals surface area contributed by atoms with Crippen molar-refractivity contribution in [2.24, 2.45) is 0 Å². The third-order valence-electron chi connectivity index (χ3n) is 2.21. The van der Waals surface area contributed by atoms with Crippen molar-refractivity contribution in [2.75, 3.05) is 7.11 Å². The van der Waals surface area contributed by atoms with E-state index in [4.69, 9.17) is 5.26 Å². The lowest BCUT2D eigenvalue weighted by atomic mass is 9.96. The van der Waals surface area contributed by atoms with Gasteiger partial charge in [-0.15, -0.1) is 0 Å². The van der Waals surface area contributed by atoms with Gasteiger partial charge < -0.3 is 4.74 Å². The van der Waals surface area contributed by atoms with E-state index >= 15 is 0 Å². The summed E-state index contributed by atoms with van der Waals surface area (Å²) in [6, 6.07) is 3.73. The number of carbonyl (C=O) groups is 1. The summed E-state index contributed by atoms with van der Waals surface area (Å²) < 4.78 is 42.7. The van der Waals surface area contributed by atoms with E-state index in [0.29, 0.717) is 0 Å². The van der Waals surface area contributed by atoms with Crippen LogP contribution in [-0.2, 0) is 10.9 Å². The van der Waals surface area contributed by atoms with Gasteiger partial charge in [0.25, 0.3) is 0 Å². The Hall–Kier alpha value is -2.03. The Morgan fingerprint density at radius 1 is 1.41 bits per heavy atom. The Morgan fingerprint density at radius 3 is 2.41 bits per heavy atom. The Bertz CT molecular complexity index is 501. The van der Waals surface area contributed by atoms with Crippen molar-refractivity contribution in [3.63, 3.8) is 0 Å². The summed E-state index contributed by atoms with van der Waals surface area (Å²) in [6.45, 7) is 1.35. The molecule has 0 atom stereocenters. The molecule has 0 aliphatic heterocycles. The number of benzene rings is 1. The van der Waals surface area contributed by atoms with E-state index in [1.54, 1.807) is 0 Å². The molecule has 1 aromatic carbocycles. The molecular formula is C11H8F3NO2. The Labute approximate surface area is 95.4 Å². The molecule has 0 N–H and O–H groups in total. The lowest BCUT2D eigenvalue weighted by Crippen LogP contribution is -2.17. The average molecular weight is 243 g/mol.